The minimum Gasteiger partial charge on any atom is -0.444 e. The minimum absolute atomic E-state index is 0.262. The highest BCUT2D eigenvalue weighted by atomic mass is 31.2. The molecule has 0 aromatic heterocycles. The second-order valence-electron chi connectivity index (χ2n) is 8.37. The van der Waals surface area contributed by atoms with Crippen LogP contribution in [0.3, 0.4) is 0 Å². The molecule has 26 heavy (non-hydrogen) atoms. The van der Waals surface area contributed by atoms with Crippen LogP contribution < -0.4 is 0 Å². The monoisotopic (exact) mass is 391 g/mol. The molecule has 1 amide bonds. The van der Waals surface area contributed by atoms with Crippen LogP contribution in [-0.2, 0) is 23.1 Å². The lowest BCUT2D eigenvalue weighted by Gasteiger charge is -2.34. The molecule has 0 aliphatic carbocycles. The SMILES string of the molecule is CC(C)OP(=O)(/C=C/[C@@H]1COC(C)(C)N1C(=O)OC(C)(C)C)OC(C)C. The third-order valence-electron chi connectivity index (χ3n) is 3.32. The number of nitrogens with zero attached hydrogens (tertiary/aromatic N) is 1. The molecule has 0 saturated carbocycles. The highest BCUT2D eigenvalue weighted by Crippen LogP contribution is 2.52. The Morgan fingerprint density at radius 3 is 2.12 bits per heavy atom. The summed E-state index contributed by atoms with van der Waals surface area (Å²) in [6, 6.07) is -0.431. The van der Waals surface area contributed by atoms with E-state index in [0.29, 0.717) is 0 Å². The summed E-state index contributed by atoms with van der Waals surface area (Å²) in [4.78, 5) is 14.1. The van der Waals surface area contributed by atoms with Crippen molar-refractivity contribution in [2.45, 2.75) is 91.9 Å². The summed E-state index contributed by atoms with van der Waals surface area (Å²) in [5, 5.41) is 0. The first-order valence-electron chi connectivity index (χ1n) is 8.97. The third kappa shape index (κ3) is 7.03. The van der Waals surface area contributed by atoms with Crippen molar-refractivity contribution in [3.05, 3.63) is 11.9 Å². The standard InChI is InChI=1S/C18H34NO6P/c1-13(2)24-26(21,25-14(3)4)11-10-15-12-22-18(8,9)19(15)16(20)23-17(5,6)7/h10-11,13-15H,12H2,1-9H3/b11-10+/t15-/m1/s1. The van der Waals surface area contributed by atoms with Gasteiger partial charge in [0.1, 0.15) is 11.3 Å². The van der Waals surface area contributed by atoms with Gasteiger partial charge in [0.2, 0.25) is 0 Å². The van der Waals surface area contributed by atoms with Crippen LogP contribution >= 0.6 is 7.60 Å². The van der Waals surface area contributed by atoms with Crippen molar-refractivity contribution in [3.8, 4) is 0 Å². The van der Waals surface area contributed by atoms with E-state index in [4.69, 9.17) is 18.5 Å². The van der Waals surface area contributed by atoms with Gasteiger partial charge in [-0.25, -0.2) is 4.79 Å². The molecule has 1 atom stereocenters. The van der Waals surface area contributed by atoms with E-state index in [-0.39, 0.29) is 18.8 Å². The predicted molar refractivity (Wildman–Crippen MR) is 101 cm³/mol. The third-order valence-corrected chi connectivity index (χ3v) is 5.28. The first kappa shape index (κ1) is 23.2. The van der Waals surface area contributed by atoms with Gasteiger partial charge >= 0.3 is 13.7 Å². The van der Waals surface area contributed by atoms with Gasteiger partial charge < -0.3 is 18.5 Å². The van der Waals surface area contributed by atoms with Crippen LogP contribution in [0.2, 0.25) is 0 Å². The van der Waals surface area contributed by atoms with Crippen molar-refractivity contribution < 1.29 is 27.9 Å². The van der Waals surface area contributed by atoms with Gasteiger partial charge in [-0.2, -0.15) is 0 Å². The Labute approximate surface area is 157 Å². The van der Waals surface area contributed by atoms with Gasteiger partial charge in [-0.15, -0.1) is 0 Å². The molecule has 1 saturated heterocycles. The van der Waals surface area contributed by atoms with Gasteiger partial charge in [-0.05, 0) is 62.3 Å². The van der Waals surface area contributed by atoms with Gasteiger partial charge in [-0.3, -0.25) is 9.46 Å². The number of carbonyl (C=O) groups is 1. The van der Waals surface area contributed by atoms with Crippen molar-refractivity contribution in [1.82, 2.24) is 4.90 Å². The summed E-state index contributed by atoms with van der Waals surface area (Å²) < 4.78 is 35.2. The highest BCUT2D eigenvalue weighted by Gasteiger charge is 2.45. The second-order valence-corrected chi connectivity index (χ2v) is 10.2. The number of hydrogen-bond acceptors (Lipinski definition) is 6. The normalized spacial score (nSPS) is 21.2. The van der Waals surface area contributed by atoms with Crippen LogP contribution in [0.4, 0.5) is 4.79 Å². The fraction of sp³-hybridized carbons (Fsp3) is 0.833. The van der Waals surface area contributed by atoms with Crippen LogP contribution in [0.5, 0.6) is 0 Å². The van der Waals surface area contributed by atoms with Crippen molar-refractivity contribution in [3.63, 3.8) is 0 Å². The zero-order valence-corrected chi connectivity index (χ0v) is 18.3. The van der Waals surface area contributed by atoms with E-state index in [9.17, 15) is 9.36 Å². The summed E-state index contributed by atoms with van der Waals surface area (Å²) in [7, 11) is -3.44. The summed E-state index contributed by atoms with van der Waals surface area (Å²) in [5.74, 6) is 1.42. The van der Waals surface area contributed by atoms with Crippen LogP contribution in [0.15, 0.2) is 11.9 Å². The number of ether oxygens (including phenoxy) is 2. The molecule has 8 heteroatoms. The molecule has 0 spiro atoms. The minimum atomic E-state index is -3.44. The van der Waals surface area contributed by atoms with Crippen LogP contribution in [0.1, 0.15) is 62.3 Å². The number of carbonyl (C=O) groups excluding carboxylic acids is 1. The summed E-state index contributed by atoms with van der Waals surface area (Å²) in [5.41, 5.74) is -1.46. The molecule has 1 aliphatic rings. The average molecular weight is 391 g/mol. The number of rotatable bonds is 6. The van der Waals surface area contributed by atoms with Crippen LogP contribution in [0, 0.1) is 0 Å². The van der Waals surface area contributed by atoms with E-state index in [1.165, 1.54) is 10.7 Å². The van der Waals surface area contributed by atoms with Gasteiger partial charge in [0.05, 0.1) is 24.9 Å². The zero-order chi connectivity index (χ0) is 20.3. The van der Waals surface area contributed by atoms with Gasteiger partial charge in [0.15, 0.2) is 0 Å². The fourth-order valence-corrected chi connectivity index (χ4v) is 4.30. The molecule has 1 fully saturated rings. The van der Waals surface area contributed by atoms with Crippen molar-refractivity contribution in [1.29, 1.82) is 0 Å². The molecule has 0 N–H and O–H groups in total. The maximum absolute atomic E-state index is 13.0. The smallest absolute Gasteiger partial charge is 0.413 e. The Hall–Kier alpha value is -0.880. The maximum Gasteiger partial charge on any atom is 0.413 e. The Morgan fingerprint density at radius 2 is 1.69 bits per heavy atom. The van der Waals surface area contributed by atoms with E-state index in [0.717, 1.165) is 0 Å². The maximum atomic E-state index is 13.0. The lowest BCUT2D eigenvalue weighted by Crippen LogP contribution is -2.49. The molecule has 1 rings (SSSR count). The quantitative estimate of drug-likeness (QED) is 0.599. The molecule has 152 valence electrons. The average Bonchev–Trinajstić information content (AvgIpc) is 2.67. The predicted octanol–water partition coefficient (Wildman–Crippen LogP) is 4.92. The van der Waals surface area contributed by atoms with Crippen molar-refractivity contribution in [2.75, 3.05) is 6.61 Å². The van der Waals surface area contributed by atoms with E-state index in [1.54, 1.807) is 68.4 Å². The first-order valence-corrected chi connectivity index (χ1v) is 10.6. The van der Waals surface area contributed by atoms with E-state index >= 15 is 0 Å². The topological polar surface area (TPSA) is 74.3 Å². The molecule has 1 aliphatic heterocycles. The Balaban J connectivity index is 3.05. The summed E-state index contributed by atoms with van der Waals surface area (Å²) in [6.45, 7) is 16.4. The number of hydrogen-bond donors (Lipinski definition) is 0. The Morgan fingerprint density at radius 1 is 1.19 bits per heavy atom. The van der Waals surface area contributed by atoms with Crippen molar-refractivity contribution >= 4 is 13.7 Å². The van der Waals surface area contributed by atoms with E-state index in [2.05, 4.69) is 0 Å². The Kier molecular flexibility index (Phi) is 7.50. The molecule has 0 unspecified atom stereocenters. The summed E-state index contributed by atoms with van der Waals surface area (Å²) in [6.07, 6.45) is 0.633. The van der Waals surface area contributed by atoms with E-state index in [1.807, 2.05) is 0 Å². The molecule has 7 nitrogen and oxygen atoms in total. The first-order chi connectivity index (χ1) is 11.7. The lowest BCUT2D eigenvalue weighted by molar-refractivity contribution is -0.0610. The summed E-state index contributed by atoms with van der Waals surface area (Å²) >= 11 is 0. The molecule has 0 bridgehead atoms. The number of amides is 1. The lowest BCUT2D eigenvalue weighted by atomic mass is 10.2. The van der Waals surface area contributed by atoms with E-state index < -0.39 is 31.1 Å². The zero-order valence-electron chi connectivity index (χ0n) is 17.4. The van der Waals surface area contributed by atoms with Crippen LogP contribution in [0.25, 0.3) is 0 Å². The van der Waals surface area contributed by atoms with Gasteiger partial charge in [0.25, 0.3) is 0 Å². The molecule has 0 aromatic carbocycles. The fourth-order valence-electron chi connectivity index (χ4n) is 2.53. The molecular formula is C18H34NO6P. The highest BCUT2D eigenvalue weighted by molar-refractivity contribution is 7.57. The molecular weight excluding hydrogens is 357 g/mol. The molecule has 0 aromatic rings. The van der Waals surface area contributed by atoms with Gasteiger partial charge in [0, 0.05) is 5.82 Å². The van der Waals surface area contributed by atoms with Gasteiger partial charge in [-0.1, -0.05) is 6.08 Å². The van der Waals surface area contributed by atoms with Crippen LogP contribution in [-0.4, -0.2) is 47.2 Å². The molecule has 1 heterocycles. The van der Waals surface area contributed by atoms with Crippen molar-refractivity contribution in [2.24, 2.45) is 0 Å². The Bertz CT molecular complexity index is 551. The molecule has 0 radical (unpaired) electrons. The second kappa shape index (κ2) is 8.42. The largest absolute Gasteiger partial charge is 0.444 e.